The van der Waals surface area contributed by atoms with Gasteiger partial charge in [-0.2, -0.15) is 0 Å². The van der Waals surface area contributed by atoms with E-state index in [2.05, 4.69) is 19.2 Å². The minimum atomic E-state index is 0.0694. The van der Waals surface area contributed by atoms with Crippen molar-refractivity contribution < 1.29 is 4.79 Å². The van der Waals surface area contributed by atoms with Crippen LogP contribution in [0, 0.1) is 0 Å². The second kappa shape index (κ2) is 9.81. The van der Waals surface area contributed by atoms with Crippen LogP contribution in [0.5, 0.6) is 0 Å². The van der Waals surface area contributed by atoms with Crippen molar-refractivity contribution in [2.24, 2.45) is 0 Å². The summed E-state index contributed by atoms with van der Waals surface area (Å²) in [7, 11) is 1.86. The number of hydrogen-bond donors (Lipinski definition) is 1. The molecule has 0 fully saturated rings. The smallest absolute Gasteiger partial charge is 0.317 e. The van der Waals surface area contributed by atoms with E-state index in [0.717, 1.165) is 32.4 Å². The zero-order valence-corrected chi connectivity index (χ0v) is 10.5. The third-order valence-electron chi connectivity index (χ3n) is 2.50. The largest absolute Gasteiger partial charge is 0.338 e. The van der Waals surface area contributed by atoms with Gasteiger partial charge < -0.3 is 10.2 Å². The first-order valence-electron chi connectivity index (χ1n) is 6.21. The molecule has 0 aliphatic heterocycles. The lowest BCUT2D eigenvalue weighted by Gasteiger charge is -2.17. The Morgan fingerprint density at radius 3 is 2.33 bits per heavy atom. The van der Waals surface area contributed by atoms with Gasteiger partial charge in [-0.15, -0.1) is 0 Å². The van der Waals surface area contributed by atoms with Gasteiger partial charge in [0.15, 0.2) is 0 Å². The van der Waals surface area contributed by atoms with E-state index < -0.39 is 0 Å². The number of rotatable bonds is 8. The Balaban J connectivity index is 3.38. The number of amides is 2. The number of urea groups is 1. The minimum Gasteiger partial charge on any atom is -0.338 e. The first-order chi connectivity index (χ1) is 7.22. The highest BCUT2D eigenvalue weighted by Gasteiger charge is 2.05. The number of unbranched alkanes of at least 4 members (excludes halogenated alkanes) is 4. The van der Waals surface area contributed by atoms with E-state index in [1.54, 1.807) is 4.90 Å². The highest BCUT2D eigenvalue weighted by atomic mass is 16.2. The average molecular weight is 214 g/mol. The Morgan fingerprint density at radius 2 is 1.73 bits per heavy atom. The SMILES string of the molecule is CCCCCCNC(=O)N(C)CCCC. The minimum absolute atomic E-state index is 0.0694. The Morgan fingerprint density at radius 1 is 1.07 bits per heavy atom. The summed E-state index contributed by atoms with van der Waals surface area (Å²) in [5, 5.41) is 2.94. The van der Waals surface area contributed by atoms with Crippen LogP contribution in [0.3, 0.4) is 0 Å². The van der Waals surface area contributed by atoms with Crippen LogP contribution in [0.25, 0.3) is 0 Å². The van der Waals surface area contributed by atoms with Gasteiger partial charge in [0.05, 0.1) is 0 Å². The van der Waals surface area contributed by atoms with Crippen LogP contribution in [-0.4, -0.2) is 31.1 Å². The lowest BCUT2D eigenvalue weighted by molar-refractivity contribution is 0.208. The molecule has 0 bridgehead atoms. The fourth-order valence-electron chi connectivity index (χ4n) is 1.38. The van der Waals surface area contributed by atoms with Crippen molar-refractivity contribution in [2.75, 3.05) is 20.1 Å². The Labute approximate surface area is 94.2 Å². The van der Waals surface area contributed by atoms with E-state index >= 15 is 0 Å². The summed E-state index contributed by atoms with van der Waals surface area (Å²) in [6.45, 7) is 6.00. The van der Waals surface area contributed by atoms with Gasteiger partial charge in [-0.05, 0) is 12.8 Å². The molecular formula is C12H26N2O. The van der Waals surface area contributed by atoms with Gasteiger partial charge in [0, 0.05) is 20.1 Å². The third-order valence-corrected chi connectivity index (χ3v) is 2.50. The molecule has 2 amide bonds. The number of nitrogens with one attached hydrogen (secondary N) is 1. The van der Waals surface area contributed by atoms with E-state index in [-0.39, 0.29) is 6.03 Å². The van der Waals surface area contributed by atoms with E-state index in [9.17, 15) is 4.79 Å². The second-order valence-corrected chi connectivity index (χ2v) is 4.07. The monoisotopic (exact) mass is 214 g/mol. The third kappa shape index (κ3) is 8.28. The molecule has 0 aromatic carbocycles. The quantitative estimate of drug-likeness (QED) is 0.619. The Kier molecular flexibility index (Phi) is 9.33. The maximum absolute atomic E-state index is 11.5. The molecule has 0 radical (unpaired) electrons. The van der Waals surface area contributed by atoms with Crippen molar-refractivity contribution in [2.45, 2.75) is 52.4 Å². The average Bonchev–Trinajstić information content (AvgIpc) is 2.25. The fraction of sp³-hybridized carbons (Fsp3) is 0.917. The molecule has 15 heavy (non-hydrogen) atoms. The van der Waals surface area contributed by atoms with Crippen LogP contribution in [-0.2, 0) is 0 Å². The van der Waals surface area contributed by atoms with Gasteiger partial charge >= 0.3 is 6.03 Å². The predicted molar refractivity (Wildman–Crippen MR) is 65.1 cm³/mol. The summed E-state index contributed by atoms with van der Waals surface area (Å²) in [6, 6.07) is 0.0694. The molecule has 1 N–H and O–H groups in total. The zero-order valence-electron chi connectivity index (χ0n) is 10.5. The summed E-state index contributed by atoms with van der Waals surface area (Å²) in [5.74, 6) is 0. The molecule has 0 aromatic rings. The van der Waals surface area contributed by atoms with Crippen molar-refractivity contribution in [1.29, 1.82) is 0 Å². The van der Waals surface area contributed by atoms with E-state index in [1.807, 2.05) is 7.05 Å². The van der Waals surface area contributed by atoms with Crippen LogP contribution in [0.2, 0.25) is 0 Å². The van der Waals surface area contributed by atoms with Crippen LogP contribution < -0.4 is 5.32 Å². The first kappa shape index (κ1) is 14.3. The second-order valence-electron chi connectivity index (χ2n) is 4.07. The van der Waals surface area contributed by atoms with Crippen molar-refractivity contribution in [3.63, 3.8) is 0 Å². The number of hydrogen-bond acceptors (Lipinski definition) is 1. The van der Waals surface area contributed by atoms with Crippen LogP contribution in [0.4, 0.5) is 4.79 Å². The molecule has 0 saturated carbocycles. The lowest BCUT2D eigenvalue weighted by Crippen LogP contribution is -2.38. The number of nitrogens with zero attached hydrogens (tertiary/aromatic N) is 1. The van der Waals surface area contributed by atoms with Crippen molar-refractivity contribution in [3.8, 4) is 0 Å². The Hall–Kier alpha value is -0.730. The molecule has 0 saturated heterocycles. The predicted octanol–water partition coefficient (Wildman–Crippen LogP) is 3.01. The van der Waals surface area contributed by atoms with E-state index in [1.165, 1.54) is 19.3 Å². The molecule has 0 rings (SSSR count). The molecular weight excluding hydrogens is 188 g/mol. The van der Waals surface area contributed by atoms with Gasteiger partial charge in [-0.25, -0.2) is 4.79 Å². The first-order valence-corrected chi connectivity index (χ1v) is 6.21. The molecule has 0 unspecified atom stereocenters. The topological polar surface area (TPSA) is 32.3 Å². The summed E-state index contributed by atoms with van der Waals surface area (Å²) >= 11 is 0. The molecule has 3 heteroatoms. The molecule has 0 heterocycles. The van der Waals surface area contributed by atoms with E-state index in [4.69, 9.17) is 0 Å². The molecule has 0 aliphatic carbocycles. The molecule has 0 spiro atoms. The molecule has 3 nitrogen and oxygen atoms in total. The summed E-state index contributed by atoms with van der Waals surface area (Å²) in [6.07, 6.45) is 7.04. The summed E-state index contributed by atoms with van der Waals surface area (Å²) in [4.78, 5) is 13.3. The van der Waals surface area contributed by atoms with Crippen LogP contribution >= 0.6 is 0 Å². The molecule has 0 aromatic heterocycles. The van der Waals surface area contributed by atoms with E-state index in [0.29, 0.717) is 0 Å². The Bertz CT molecular complexity index is 160. The van der Waals surface area contributed by atoms with Gasteiger partial charge in [-0.3, -0.25) is 0 Å². The maximum atomic E-state index is 11.5. The summed E-state index contributed by atoms with van der Waals surface area (Å²) < 4.78 is 0. The zero-order chi connectivity index (χ0) is 11.5. The van der Waals surface area contributed by atoms with Crippen LogP contribution in [0.1, 0.15) is 52.4 Å². The standard InChI is InChI=1S/C12H26N2O/c1-4-6-8-9-10-13-12(15)14(3)11-7-5-2/h4-11H2,1-3H3,(H,13,15). The van der Waals surface area contributed by atoms with Gasteiger partial charge in [0.1, 0.15) is 0 Å². The lowest BCUT2D eigenvalue weighted by atomic mass is 10.2. The molecule has 0 atom stereocenters. The molecule has 90 valence electrons. The number of carbonyl (C=O) groups excluding carboxylic acids is 1. The number of carbonyl (C=O) groups is 1. The molecule has 0 aliphatic rings. The van der Waals surface area contributed by atoms with Gasteiger partial charge in [0.2, 0.25) is 0 Å². The fourth-order valence-corrected chi connectivity index (χ4v) is 1.38. The van der Waals surface area contributed by atoms with Crippen molar-refractivity contribution >= 4 is 6.03 Å². The maximum Gasteiger partial charge on any atom is 0.317 e. The summed E-state index contributed by atoms with van der Waals surface area (Å²) in [5.41, 5.74) is 0. The highest BCUT2D eigenvalue weighted by molar-refractivity contribution is 5.73. The van der Waals surface area contributed by atoms with Crippen molar-refractivity contribution in [1.82, 2.24) is 10.2 Å². The highest BCUT2D eigenvalue weighted by Crippen LogP contribution is 1.97. The van der Waals surface area contributed by atoms with Crippen molar-refractivity contribution in [3.05, 3.63) is 0 Å². The van der Waals surface area contributed by atoms with Crippen LogP contribution in [0.15, 0.2) is 0 Å². The van der Waals surface area contributed by atoms with Gasteiger partial charge in [-0.1, -0.05) is 39.5 Å². The normalized spacial score (nSPS) is 10.1. The van der Waals surface area contributed by atoms with Gasteiger partial charge in [0.25, 0.3) is 0 Å².